The smallest absolute Gasteiger partial charge is 0.161 e. The van der Waals surface area contributed by atoms with Crippen LogP contribution in [0.5, 0.6) is 11.5 Å². The Morgan fingerprint density at radius 1 is 1.12 bits per heavy atom. The maximum Gasteiger partial charge on any atom is 0.161 e. The third-order valence-electron chi connectivity index (χ3n) is 3.85. The van der Waals surface area contributed by atoms with Crippen molar-refractivity contribution < 1.29 is 9.47 Å². The van der Waals surface area contributed by atoms with Gasteiger partial charge in [-0.2, -0.15) is 0 Å². The minimum Gasteiger partial charge on any atom is -0.493 e. The van der Waals surface area contributed by atoms with Gasteiger partial charge in [0.1, 0.15) is 5.82 Å². The standard InChI is InChI=1S/C18H20BrN3O2/c1-23-16-9-12(13(19)10-17(16)24-2)11-20-8-7-18-21-14-5-3-4-6-15(14)22-18/h3-6,9-10,20H,7-8,11H2,1-2H3,(H,21,22). The highest BCUT2D eigenvalue weighted by Crippen LogP contribution is 2.33. The molecular formula is C18H20BrN3O2. The molecule has 0 saturated heterocycles. The zero-order chi connectivity index (χ0) is 16.9. The van der Waals surface area contributed by atoms with Crippen molar-refractivity contribution in [2.75, 3.05) is 20.8 Å². The van der Waals surface area contributed by atoms with Crippen LogP contribution in [-0.4, -0.2) is 30.7 Å². The highest BCUT2D eigenvalue weighted by Gasteiger charge is 2.09. The number of nitrogens with one attached hydrogen (secondary N) is 2. The number of rotatable bonds is 7. The number of H-pyrrole nitrogens is 1. The monoisotopic (exact) mass is 389 g/mol. The lowest BCUT2D eigenvalue weighted by molar-refractivity contribution is 0.354. The topological polar surface area (TPSA) is 59.2 Å². The van der Waals surface area contributed by atoms with Crippen LogP contribution in [0.25, 0.3) is 11.0 Å². The maximum absolute atomic E-state index is 5.35. The molecule has 0 saturated carbocycles. The van der Waals surface area contributed by atoms with Gasteiger partial charge >= 0.3 is 0 Å². The average molecular weight is 390 g/mol. The molecule has 2 aromatic carbocycles. The molecule has 0 aliphatic heterocycles. The molecule has 0 unspecified atom stereocenters. The quantitative estimate of drug-likeness (QED) is 0.605. The van der Waals surface area contributed by atoms with Crippen LogP contribution >= 0.6 is 15.9 Å². The molecule has 1 aromatic heterocycles. The SMILES string of the molecule is COc1cc(Br)c(CNCCc2nc3ccccc3[nH]2)cc1OC. The predicted octanol–water partition coefficient (Wildman–Crippen LogP) is 3.67. The Morgan fingerprint density at radius 3 is 2.62 bits per heavy atom. The van der Waals surface area contributed by atoms with Crippen LogP contribution in [0.15, 0.2) is 40.9 Å². The van der Waals surface area contributed by atoms with Crippen molar-refractivity contribution in [3.63, 3.8) is 0 Å². The van der Waals surface area contributed by atoms with Crippen LogP contribution in [0.1, 0.15) is 11.4 Å². The fraction of sp³-hybridized carbons (Fsp3) is 0.278. The van der Waals surface area contributed by atoms with E-state index in [1.807, 2.05) is 36.4 Å². The zero-order valence-electron chi connectivity index (χ0n) is 13.7. The Labute approximate surface area is 149 Å². The highest BCUT2D eigenvalue weighted by molar-refractivity contribution is 9.10. The molecule has 0 aliphatic carbocycles. The van der Waals surface area contributed by atoms with Gasteiger partial charge in [-0.3, -0.25) is 0 Å². The van der Waals surface area contributed by atoms with Gasteiger partial charge in [-0.1, -0.05) is 28.1 Å². The molecule has 6 heteroatoms. The summed E-state index contributed by atoms with van der Waals surface area (Å²) in [5.41, 5.74) is 3.21. The van der Waals surface area contributed by atoms with Gasteiger partial charge in [0.15, 0.2) is 11.5 Å². The molecule has 5 nitrogen and oxygen atoms in total. The lowest BCUT2D eigenvalue weighted by Crippen LogP contribution is -2.17. The molecule has 0 spiro atoms. The molecule has 2 N–H and O–H groups in total. The van der Waals surface area contributed by atoms with Crippen molar-refractivity contribution in [1.82, 2.24) is 15.3 Å². The molecule has 126 valence electrons. The summed E-state index contributed by atoms with van der Waals surface area (Å²) in [6, 6.07) is 12.0. The first-order chi connectivity index (χ1) is 11.7. The number of benzene rings is 2. The van der Waals surface area contributed by atoms with E-state index in [9.17, 15) is 0 Å². The number of methoxy groups -OCH3 is 2. The van der Waals surface area contributed by atoms with Crippen molar-refractivity contribution in [1.29, 1.82) is 0 Å². The first kappa shape index (κ1) is 16.8. The second-order valence-electron chi connectivity index (χ2n) is 5.43. The maximum atomic E-state index is 5.35. The fourth-order valence-electron chi connectivity index (χ4n) is 2.59. The third kappa shape index (κ3) is 3.71. The fourth-order valence-corrected chi connectivity index (χ4v) is 3.05. The van der Waals surface area contributed by atoms with Gasteiger partial charge in [0.05, 0.1) is 25.3 Å². The predicted molar refractivity (Wildman–Crippen MR) is 98.8 cm³/mol. The van der Waals surface area contributed by atoms with E-state index in [1.165, 1.54) is 0 Å². The van der Waals surface area contributed by atoms with Gasteiger partial charge in [-0.05, 0) is 29.8 Å². The van der Waals surface area contributed by atoms with E-state index < -0.39 is 0 Å². The highest BCUT2D eigenvalue weighted by atomic mass is 79.9. The molecule has 1 heterocycles. The largest absolute Gasteiger partial charge is 0.493 e. The number of aromatic amines is 1. The van der Waals surface area contributed by atoms with Crippen molar-refractivity contribution >= 4 is 27.0 Å². The molecule has 24 heavy (non-hydrogen) atoms. The number of para-hydroxylation sites is 2. The van der Waals surface area contributed by atoms with Crippen molar-refractivity contribution in [2.24, 2.45) is 0 Å². The summed E-state index contributed by atoms with van der Waals surface area (Å²) in [5.74, 6) is 2.44. The minimum absolute atomic E-state index is 0.718. The van der Waals surface area contributed by atoms with E-state index in [2.05, 4.69) is 31.2 Å². The van der Waals surface area contributed by atoms with Crippen molar-refractivity contribution in [3.8, 4) is 11.5 Å². The molecule has 3 aromatic rings. The third-order valence-corrected chi connectivity index (χ3v) is 4.58. The van der Waals surface area contributed by atoms with Crippen LogP contribution in [-0.2, 0) is 13.0 Å². The van der Waals surface area contributed by atoms with E-state index in [-0.39, 0.29) is 0 Å². The number of hydrogen-bond acceptors (Lipinski definition) is 4. The molecule has 0 fully saturated rings. The first-order valence-electron chi connectivity index (χ1n) is 7.76. The van der Waals surface area contributed by atoms with E-state index in [1.54, 1.807) is 14.2 Å². The Balaban J connectivity index is 1.58. The summed E-state index contributed by atoms with van der Waals surface area (Å²) in [4.78, 5) is 7.93. The molecule has 0 aliphatic rings. The van der Waals surface area contributed by atoms with Gasteiger partial charge in [-0.25, -0.2) is 4.98 Å². The summed E-state index contributed by atoms with van der Waals surface area (Å²) in [6.45, 7) is 1.57. The van der Waals surface area contributed by atoms with Gasteiger partial charge in [0.25, 0.3) is 0 Å². The summed E-state index contributed by atoms with van der Waals surface area (Å²) < 4.78 is 11.6. The number of ether oxygens (including phenoxy) is 2. The number of hydrogen-bond donors (Lipinski definition) is 2. The molecular weight excluding hydrogens is 370 g/mol. The Bertz CT molecular complexity index is 799. The average Bonchev–Trinajstić information content (AvgIpc) is 3.02. The lowest BCUT2D eigenvalue weighted by atomic mass is 10.2. The summed E-state index contributed by atoms with van der Waals surface area (Å²) >= 11 is 3.58. The van der Waals surface area contributed by atoms with E-state index in [0.29, 0.717) is 0 Å². The second-order valence-corrected chi connectivity index (χ2v) is 6.28. The summed E-state index contributed by atoms with van der Waals surface area (Å²) in [7, 11) is 3.28. The van der Waals surface area contributed by atoms with E-state index >= 15 is 0 Å². The molecule has 0 radical (unpaired) electrons. The van der Waals surface area contributed by atoms with Gasteiger partial charge in [0.2, 0.25) is 0 Å². The van der Waals surface area contributed by atoms with Gasteiger partial charge < -0.3 is 19.8 Å². The Kier molecular flexibility index (Phi) is 5.37. The van der Waals surface area contributed by atoms with Crippen LogP contribution in [0.2, 0.25) is 0 Å². The Hall–Kier alpha value is -2.05. The van der Waals surface area contributed by atoms with Crippen LogP contribution in [0, 0.1) is 0 Å². The van der Waals surface area contributed by atoms with Gasteiger partial charge in [0, 0.05) is 24.0 Å². The number of halogens is 1. The van der Waals surface area contributed by atoms with E-state index in [0.717, 1.165) is 57.9 Å². The number of nitrogens with zero attached hydrogens (tertiary/aromatic N) is 1. The Morgan fingerprint density at radius 2 is 1.88 bits per heavy atom. The first-order valence-corrected chi connectivity index (χ1v) is 8.55. The summed E-state index contributed by atoms with van der Waals surface area (Å²) in [6.07, 6.45) is 0.847. The van der Waals surface area contributed by atoms with Crippen LogP contribution < -0.4 is 14.8 Å². The normalized spacial score (nSPS) is 11.0. The lowest BCUT2D eigenvalue weighted by Gasteiger charge is -2.12. The molecule has 0 bridgehead atoms. The van der Waals surface area contributed by atoms with Gasteiger partial charge in [-0.15, -0.1) is 0 Å². The van der Waals surface area contributed by atoms with Crippen LogP contribution in [0.3, 0.4) is 0 Å². The second kappa shape index (κ2) is 7.68. The molecule has 0 amide bonds. The number of aromatic nitrogens is 2. The minimum atomic E-state index is 0.718. The van der Waals surface area contributed by atoms with Crippen molar-refractivity contribution in [3.05, 3.63) is 52.3 Å². The van der Waals surface area contributed by atoms with Crippen LogP contribution in [0.4, 0.5) is 0 Å². The summed E-state index contributed by atoms with van der Waals surface area (Å²) in [5, 5.41) is 3.44. The molecule has 3 rings (SSSR count). The zero-order valence-corrected chi connectivity index (χ0v) is 15.3. The van der Waals surface area contributed by atoms with Crippen molar-refractivity contribution in [2.45, 2.75) is 13.0 Å². The van der Waals surface area contributed by atoms with E-state index in [4.69, 9.17) is 9.47 Å². The molecule has 0 atom stereocenters. The number of imidazole rings is 1. The number of fused-ring (bicyclic) bond motifs is 1.